The second kappa shape index (κ2) is 10.4. The molecule has 1 saturated heterocycles. The quantitative estimate of drug-likeness (QED) is 0.411. The molecule has 0 bridgehead atoms. The van der Waals surface area contributed by atoms with E-state index in [0.717, 1.165) is 22.4 Å². The van der Waals surface area contributed by atoms with Crippen LogP contribution >= 0.6 is 23.2 Å². The third-order valence-corrected chi connectivity index (χ3v) is 6.41. The Hall–Kier alpha value is -3.22. The molecule has 2 amide bonds. The normalized spacial score (nSPS) is 15.4. The lowest BCUT2D eigenvalue weighted by Gasteiger charge is -2.18. The topological polar surface area (TPSA) is 70.7 Å². The van der Waals surface area contributed by atoms with E-state index in [0.29, 0.717) is 34.6 Å². The number of amides is 2. The number of ether oxygens (including phenoxy) is 1. The summed E-state index contributed by atoms with van der Waals surface area (Å²) in [6, 6.07) is 18.4. The molecule has 1 heterocycles. The number of hydrazine groups is 1. The first-order valence-electron chi connectivity index (χ1n) is 10.9. The van der Waals surface area contributed by atoms with E-state index in [1.165, 1.54) is 0 Å². The van der Waals surface area contributed by atoms with Gasteiger partial charge in [0.05, 0.1) is 16.6 Å². The van der Waals surface area contributed by atoms with E-state index in [1.54, 1.807) is 35.2 Å². The minimum absolute atomic E-state index is 0.0614. The van der Waals surface area contributed by atoms with Crippen molar-refractivity contribution in [3.05, 3.63) is 87.4 Å². The zero-order valence-electron chi connectivity index (χ0n) is 18.9. The predicted molar refractivity (Wildman–Crippen MR) is 135 cm³/mol. The Labute approximate surface area is 208 Å². The van der Waals surface area contributed by atoms with Gasteiger partial charge in [0, 0.05) is 23.7 Å². The molecule has 0 aromatic heterocycles. The highest BCUT2D eigenvalue weighted by atomic mass is 35.5. The van der Waals surface area contributed by atoms with Crippen molar-refractivity contribution in [3.63, 3.8) is 0 Å². The Kier molecular flexibility index (Phi) is 7.29. The third-order valence-electron chi connectivity index (χ3n) is 5.87. The lowest BCUT2D eigenvalue weighted by Crippen LogP contribution is -2.36. The van der Waals surface area contributed by atoms with Crippen LogP contribution in [-0.2, 0) is 16.2 Å². The van der Waals surface area contributed by atoms with Gasteiger partial charge in [-0.15, -0.1) is 0 Å². The van der Waals surface area contributed by atoms with Crippen LogP contribution in [0.1, 0.15) is 23.1 Å². The van der Waals surface area contributed by atoms with Crippen molar-refractivity contribution < 1.29 is 14.3 Å². The third kappa shape index (κ3) is 5.64. The maximum Gasteiger partial charge on any atom is 0.243 e. The zero-order valence-corrected chi connectivity index (χ0v) is 20.4. The summed E-state index contributed by atoms with van der Waals surface area (Å²) in [5.41, 5.74) is 10.2. The fourth-order valence-corrected chi connectivity index (χ4v) is 4.06. The lowest BCUT2D eigenvalue weighted by atomic mass is 10.1. The number of rotatable bonds is 7. The predicted octanol–water partition coefficient (Wildman–Crippen LogP) is 5.69. The van der Waals surface area contributed by atoms with Crippen LogP contribution in [-0.4, -0.2) is 18.4 Å². The summed E-state index contributed by atoms with van der Waals surface area (Å²) in [5, 5.41) is 1.07. The molecule has 0 unspecified atom stereocenters. The first-order valence-corrected chi connectivity index (χ1v) is 11.7. The van der Waals surface area contributed by atoms with Crippen LogP contribution in [0.25, 0.3) is 0 Å². The van der Waals surface area contributed by atoms with Crippen LogP contribution in [0, 0.1) is 19.8 Å². The number of nitrogens with one attached hydrogen (secondary N) is 2. The van der Waals surface area contributed by atoms with Crippen LogP contribution in [0.2, 0.25) is 10.0 Å². The molecular weight excluding hydrogens is 473 g/mol. The molecule has 3 aromatic rings. The van der Waals surface area contributed by atoms with Crippen LogP contribution in [0.3, 0.4) is 0 Å². The zero-order chi connectivity index (χ0) is 24.2. The maximum absolute atomic E-state index is 12.7. The number of halogens is 2. The Bertz CT molecular complexity index is 1210. The molecule has 1 aliphatic heterocycles. The molecule has 6 nitrogen and oxygen atoms in total. The molecule has 0 aliphatic carbocycles. The van der Waals surface area contributed by atoms with Crippen molar-refractivity contribution in [2.75, 3.05) is 16.9 Å². The molecule has 0 saturated carbocycles. The summed E-state index contributed by atoms with van der Waals surface area (Å²) in [4.78, 5) is 26.9. The van der Waals surface area contributed by atoms with Crippen molar-refractivity contribution in [2.24, 2.45) is 5.92 Å². The molecule has 3 aromatic carbocycles. The first-order chi connectivity index (χ1) is 16.3. The highest BCUT2D eigenvalue weighted by Gasteiger charge is 2.35. The molecule has 0 radical (unpaired) electrons. The van der Waals surface area contributed by atoms with Gasteiger partial charge in [0.2, 0.25) is 11.8 Å². The van der Waals surface area contributed by atoms with Gasteiger partial charge in [-0.2, -0.15) is 0 Å². The van der Waals surface area contributed by atoms with E-state index in [9.17, 15) is 9.59 Å². The number of carbonyl (C=O) groups excluding carboxylic acids is 2. The monoisotopic (exact) mass is 497 g/mol. The Balaban J connectivity index is 1.31. The van der Waals surface area contributed by atoms with Crippen molar-refractivity contribution in [1.82, 2.24) is 5.43 Å². The van der Waals surface area contributed by atoms with Gasteiger partial charge < -0.3 is 9.64 Å². The Morgan fingerprint density at radius 2 is 1.79 bits per heavy atom. The molecule has 1 aliphatic rings. The average molecular weight is 498 g/mol. The van der Waals surface area contributed by atoms with E-state index in [-0.39, 0.29) is 18.2 Å². The van der Waals surface area contributed by atoms with Gasteiger partial charge in [0.25, 0.3) is 0 Å². The van der Waals surface area contributed by atoms with Crippen LogP contribution in [0.4, 0.5) is 11.4 Å². The summed E-state index contributed by atoms with van der Waals surface area (Å²) in [6.07, 6.45) is 0.165. The summed E-state index contributed by atoms with van der Waals surface area (Å²) in [7, 11) is 0. The number of aryl methyl sites for hydroxylation is 2. The first kappa shape index (κ1) is 23.9. The number of anilines is 2. The molecule has 8 heteroatoms. The van der Waals surface area contributed by atoms with Crippen LogP contribution < -0.4 is 20.5 Å². The molecule has 176 valence electrons. The molecule has 4 rings (SSSR count). The number of hydrogen-bond acceptors (Lipinski definition) is 4. The summed E-state index contributed by atoms with van der Waals surface area (Å²) in [6.45, 7) is 4.73. The fraction of sp³-hybridized carbons (Fsp3) is 0.231. The minimum Gasteiger partial charge on any atom is -0.487 e. The minimum atomic E-state index is -0.445. The van der Waals surface area contributed by atoms with E-state index >= 15 is 0 Å². The number of carbonyl (C=O) groups is 2. The van der Waals surface area contributed by atoms with Crippen LogP contribution in [0.15, 0.2) is 60.7 Å². The summed E-state index contributed by atoms with van der Waals surface area (Å²) >= 11 is 12.2. The molecule has 1 atom stereocenters. The molecular formula is C26H25Cl2N3O3. The summed E-state index contributed by atoms with van der Waals surface area (Å²) < 4.78 is 5.77. The second-order valence-corrected chi connectivity index (χ2v) is 9.19. The highest BCUT2D eigenvalue weighted by molar-refractivity contribution is 6.32. The lowest BCUT2D eigenvalue weighted by molar-refractivity contribution is -0.125. The van der Waals surface area contributed by atoms with Crippen molar-refractivity contribution in [2.45, 2.75) is 26.9 Å². The number of nitrogens with zero attached hydrogens (tertiary/aromatic N) is 1. The second-order valence-electron chi connectivity index (χ2n) is 8.35. The molecule has 2 N–H and O–H groups in total. The van der Waals surface area contributed by atoms with E-state index in [2.05, 4.69) is 10.9 Å². The smallest absolute Gasteiger partial charge is 0.243 e. The summed E-state index contributed by atoms with van der Waals surface area (Å²) in [5.74, 6) is -0.231. The van der Waals surface area contributed by atoms with E-state index < -0.39 is 5.92 Å². The average Bonchev–Trinajstić information content (AvgIpc) is 3.21. The Morgan fingerprint density at radius 3 is 2.50 bits per heavy atom. The van der Waals surface area contributed by atoms with Gasteiger partial charge in [-0.3, -0.25) is 20.4 Å². The largest absolute Gasteiger partial charge is 0.487 e. The standard InChI is InChI=1S/C26H25Cl2N3O3/c1-16-3-9-22(11-17(16)2)31-14-19(12-25(31)32)26(33)30-29-21-8-10-24(23(28)13-21)34-15-18-4-6-20(27)7-5-18/h3-11,13,19,29H,12,14-15H2,1-2H3,(H,30,33)/t19-/m1/s1. The Morgan fingerprint density at radius 1 is 1.03 bits per heavy atom. The number of hydrogen-bond donors (Lipinski definition) is 2. The number of benzene rings is 3. The van der Waals surface area contributed by atoms with Crippen molar-refractivity contribution >= 4 is 46.4 Å². The van der Waals surface area contributed by atoms with Crippen LogP contribution in [0.5, 0.6) is 5.75 Å². The SMILES string of the molecule is Cc1ccc(N2C[C@H](C(=O)NNc3ccc(OCc4ccc(Cl)cc4)c(Cl)c3)CC2=O)cc1C. The van der Waals surface area contributed by atoms with Crippen molar-refractivity contribution in [1.29, 1.82) is 0 Å². The van der Waals surface area contributed by atoms with E-state index in [1.807, 2.05) is 44.2 Å². The molecule has 1 fully saturated rings. The highest BCUT2D eigenvalue weighted by Crippen LogP contribution is 2.29. The van der Waals surface area contributed by atoms with Gasteiger partial charge in [-0.05, 0) is 73.0 Å². The van der Waals surface area contributed by atoms with Gasteiger partial charge in [-0.25, -0.2) is 0 Å². The van der Waals surface area contributed by atoms with Gasteiger partial charge >= 0.3 is 0 Å². The van der Waals surface area contributed by atoms with Gasteiger partial charge in [0.15, 0.2) is 0 Å². The molecule has 34 heavy (non-hydrogen) atoms. The molecule has 0 spiro atoms. The van der Waals surface area contributed by atoms with Gasteiger partial charge in [0.1, 0.15) is 12.4 Å². The van der Waals surface area contributed by atoms with Gasteiger partial charge in [-0.1, -0.05) is 41.4 Å². The fourth-order valence-electron chi connectivity index (χ4n) is 3.70. The van der Waals surface area contributed by atoms with Crippen molar-refractivity contribution in [3.8, 4) is 5.75 Å². The van der Waals surface area contributed by atoms with E-state index in [4.69, 9.17) is 27.9 Å². The maximum atomic E-state index is 12.7.